The van der Waals surface area contributed by atoms with Gasteiger partial charge in [-0.15, -0.1) is 0 Å². The average Bonchev–Trinajstić information content (AvgIpc) is 2.26. The van der Waals surface area contributed by atoms with Crippen LogP contribution in [0.5, 0.6) is 0 Å². The monoisotopic (exact) mass is 215 g/mol. The van der Waals surface area contributed by atoms with Gasteiger partial charge >= 0.3 is 0 Å². The van der Waals surface area contributed by atoms with Crippen LogP contribution >= 0.6 is 11.8 Å². The van der Waals surface area contributed by atoms with E-state index in [-0.39, 0.29) is 12.5 Å². The van der Waals surface area contributed by atoms with Gasteiger partial charge < -0.3 is 10.2 Å². The first kappa shape index (κ1) is 11.8. The van der Waals surface area contributed by atoms with Crippen LogP contribution in [0.3, 0.4) is 0 Å². The van der Waals surface area contributed by atoms with Gasteiger partial charge in [-0.3, -0.25) is 0 Å². The Balaban J connectivity index is 2.30. The fourth-order valence-corrected chi connectivity index (χ4v) is 3.07. The second-order valence-corrected chi connectivity index (χ2v) is 5.00. The molecule has 1 saturated carbocycles. The fraction of sp³-hybridized carbons (Fsp3) is 0.900. The molecule has 3 nitrogen and oxygen atoms in total. The lowest BCUT2D eigenvalue weighted by Crippen LogP contribution is -2.24. The number of nitrogens with zero attached hydrogens (tertiary/aromatic N) is 1. The number of hydrogen-bond donors (Lipinski definition) is 2. The van der Waals surface area contributed by atoms with Crippen LogP contribution in [0.4, 0.5) is 0 Å². The van der Waals surface area contributed by atoms with E-state index >= 15 is 0 Å². The highest BCUT2D eigenvalue weighted by Crippen LogP contribution is 2.33. The summed E-state index contributed by atoms with van der Waals surface area (Å²) in [6.07, 6.45) is 3.76. The topological polar surface area (TPSA) is 64.2 Å². The number of thioether (sulfide) groups is 1. The summed E-state index contributed by atoms with van der Waals surface area (Å²) in [6, 6.07) is 2.33. The summed E-state index contributed by atoms with van der Waals surface area (Å²) in [6.45, 7) is -0.184. The number of aliphatic hydroxyl groups is 2. The zero-order chi connectivity index (χ0) is 10.4. The molecule has 0 saturated heterocycles. The van der Waals surface area contributed by atoms with Crippen LogP contribution < -0.4 is 0 Å². The Morgan fingerprint density at radius 3 is 2.79 bits per heavy atom. The molecule has 0 spiro atoms. The molecule has 1 aliphatic carbocycles. The van der Waals surface area contributed by atoms with Gasteiger partial charge in [0, 0.05) is 11.0 Å². The highest BCUT2D eigenvalue weighted by molar-refractivity contribution is 7.99. The summed E-state index contributed by atoms with van der Waals surface area (Å²) in [7, 11) is 0. The molecular weight excluding hydrogens is 198 g/mol. The molecule has 2 N–H and O–H groups in total. The van der Waals surface area contributed by atoms with Crippen LogP contribution in [0, 0.1) is 17.2 Å². The maximum atomic E-state index is 9.19. The van der Waals surface area contributed by atoms with Crippen LogP contribution in [-0.2, 0) is 0 Å². The first-order valence-corrected chi connectivity index (χ1v) is 6.13. The highest BCUT2D eigenvalue weighted by Gasteiger charge is 2.25. The molecule has 14 heavy (non-hydrogen) atoms. The van der Waals surface area contributed by atoms with Crippen molar-refractivity contribution in [3.05, 3.63) is 0 Å². The van der Waals surface area contributed by atoms with Crippen molar-refractivity contribution in [2.24, 2.45) is 5.92 Å². The number of aliphatic hydroxyl groups excluding tert-OH is 2. The third-order valence-corrected chi connectivity index (χ3v) is 4.15. The summed E-state index contributed by atoms with van der Waals surface area (Å²) in [5.74, 6) is 0.680. The number of rotatable bonds is 4. The maximum absolute atomic E-state index is 9.19. The van der Waals surface area contributed by atoms with E-state index in [1.165, 1.54) is 6.42 Å². The van der Waals surface area contributed by atoms with Crippen molar-refractivity contribution < 1.29 is 10.2 Å². The molecule has 0 radical (unpaired) electrons. The minimum absolute atomic E-state index is 0.139. The van der Waals surface area contributed by atoms with E-state index < -0.39 is 6.10 Å². The molecule has 0 aliphatic heterocycles. The third-order valence-electron chi connectivity index (χ3n) is 2.58. The third kappa shape index (κ3) is 3.49. The Kier molecular flexibility index (Phi) is 5.31. The van der Waals surface area contributed by atoms with Crippen LogP contribution in [-0.4, -0.2) is 33.9 Å². The lowest BCUT2D eigenvalue weighted by atomic mass is 9.90. The van der Waals surface area contributed by atoms with Crippen LogP contribution in [0.25, 0.3) is 0 Å². The Labute approximate surface area is 89.1 Å². The Morgan fingerprint density at radius 2 is 2.14 bits per heavy atom. The first-order valence-electron chi connectivity index (χ1n) is 5.08. The maximum Gasteiger partial charge on any atom is 0.0861 e. The lowest BCUT2D eigenvalue weighted by Gasteiger charge is -2.26. The molecule has 0 aromatic carbocycles. The van der Waals surface area contributed by atoms with E-state index in [1.807, 2.05) is 0 Å². The van der Waals surface area contributed by atoms with E-state index in [1.54, 1.807) is 11.8 Å². The SMILES string of the molecule is N#CC1CCCCC1SCC(O)CO. The normalized spacial score (nSPS) is 29.5. The van der Waals surface area contributed by atoms with Crippen molar-refractivity contribution in [2.45, 2.75) is 37.0 Å². The summed E-state index contributed by atoms with van der Waals surface area (Å²) < 4.78 is 0. The molecule has 0 amide bonds. The van der Waals surface area contributed by atoms with Crippen LogP contribution in [0.15, 0.2) is 0 Å². The summed E-state index contributed by atoms with van der Waals surface area (Å²) in [4.78, 5) is 0. The average molecular weight is 215 g/mol. The molecule has 0 aromatic rings. The number of hydrogen-bond acceptors (Lipinski definition) is 4. The van der Waals surface area contributed by atoms with Crippen molar-refractivity contribution in [3.63, 3.8) is 0 Å². The van der Waals surface area contributed by atoms with E-state index in [9.17, 15) is 5.11 Å². The van der Waals surface area contributed by atoms with Crippen molar-refractivity contribution in [3.8, 4) is 6.07 Å². The van der Waals surface area contributed by atoms with Gasteiger partial charge in [-0.05, 0) is 12.8 Å². The van der Waals surface area contributed by atoms with Crippen molar-refractivity contribution in [2.75, 3.05) is 12.4 Å². The van der Waals surface area contributed by atoms with Gasteiger partial charge in [-0.2, -0.15) is 17.0 Å². The van der Waals surface area contributed by atoms with Gasteiger partial charge in [0.2, 0.25) is 0 Å². The van der Waals surface area contributed by atoms with Gasteiger partial charge in [0.1, 0.15) is 0 Å². The van der Waals surface area contributed by atoms with Crippen LogP contribution in [0.1, 0.15) is 25.7 Å². The van der Waals surface area contributed by atoms with Gasteiger partial charge in [0.25, 0.3) is 0 Å². The zero-order valence-corrected chi connectivity index (χ0v) is 9.04. The van der Waals surface area contributed by atoms with Gasteiger partial charge in [-0.1, -0.05) is 12.8 Å². The van der Waals surface area contributed by atoms with E-state index in [0.29, 0.717) is 11.0 Å². The van der Waals surface area contributed by atoms with Crippen molar-refractivity contribution >= 4 is 11.8 Å². The second-order valence-electron chi connectivity index (χ2n) is 3.73. The van der Waals surface area contributed by atoms with Crippen LogP contribution in [0.2, 0.25) is 0 Å². The minimum Gasteiger partial charge on any atom is -0.394 e. The molecule has 80 valence electrons. The summed E-state index contributed by atoms with van der Waals surface area (Å²) in [5.41, 5.74) is 0. The summed E-state index contributed by atoms with van der Waals surface area (Å²) >= 11 is 1.63. The molecule has 0 bridgehead atoms. The van der Waals surface area contributed by atoms with Gasteiger partial charge in [0.05, 0.1) is 24.7 Å². The Morgan fingerprint density at radius 1 is 1.43 bits per heavy atom. The van der Waals surface area contributed by atoms with E-state index in [0.717, 1.165) is 19.3 Å². The minimum atomic E-state index is -0.638. The molecule has 1 fully saturated rings. The van der Waals surface area contributed by atoms with Crippen molar-refractivity contribution in [1.82, 2.24) is 0 Å². The molecule has 0 aromatic heterocycles. The second kappa shape index (κ2) is 6.28. The first-order chi connectivity index (χ1) is 6.77. The quantitative estimate of drug-likeness (QED) is 0.738. The fourth-order valence-electron chi connectivity index (χ4n) is 1.73. The Hall–Kier alpha value is -0.240. The molecule has 1 aliphatic rings. The predicted octanol–water partition coefficient (Wildman–Crippen LogP) is 1.16. The van der Waals surface area contributed by atoms with Crippen molar-refractivity contribution in [1.29, 1.82) is 5.26 Å². The summed E-state index contributed by atoms with van der Waals surface area (Å²) in [5, 5.41) is 27.1. The van der Waals surface area contributed by atoms with E-state index in [2.05, 4.69) is 6.07 Å². The van der Waals surface area contributed by atoms with E-state index in [4.69, 9.17) is 10.4 Å². The standard InChI is InChI=1S/C10H17NO2S/c11-5-8-3-1-2-4-10(8)14-7-9(13)6-12/h8-10,12-13H,1-4,6-7H2. The highest BCUT2D eigenvalue weighted by atomic mass is 32.2. The molecule has 4 heteroatoms. The smallest absolute Gasteiger partial charge is 0.0861 e. The molecule has 3 unspecified atom stereocenters. The molecule has 1 rings (SSSR count). The molecular formula is C10H17NO2S. The Bertz CT molecular complexity index is 205. The predicted molar refractivity (Wildman–Crippen MR) is 56.9 cm³/mol. The van der Waals surface area contributed by atoms with Gasteiger partial charge in [-0.25, -0.2) is 0 Å². The molecule has 3 atom stereocenters. The largest absolute Gasteiger partial charge is 0.394 e. The van der Waals surface area contributed by atoms with Gasteiger partial charge in [0.15, 0.2) is 0 Å². The zero-order valence-electron chi connectivity index (χ0n) is 8.22. The number of nitriles is 1. The lowest BCUT2D eigenvalue weighted by molar-refractivity contribution is 0.113. The molecule has 0 heterocycles.